The maximum atomic E-state index is 10.9. The Bertz CT molecular complexity index is 771. The quantitative estimate of drug-likeness (QED) is 0.699. The number of aliphatic carboxylic acids is 1. The van der Waals surface area contributed by atoms with Crippen LogP contribution in [0.5, 0.6) is 0 Å². The van der Waals surface area contributed by atoms with Crippen molar-refractivity contribution >= 4 is 18.0 Å². The first-order valence-electron chi connectivity index (χ1n) is 8.01. The van der Waals surface area contributed by atoms with Crippen molar-refractivity contribution in [2.75, 3.05) is 0 Å². The summed E-state index contributed by atoms with van der Waals surface area (Å²) in [6.07, 6.45) is 7.02. The van der Waals surface area contributed by atoms with Gasteiger partial charge in [0, 0.05) is 6.42 Å². The minimum atomic E-state index is -0.949. The third-order valence-corrected chi connectivity index (χ3v) is 3.72. The SMILES string of the molecule is O=C(O)CCC(/C=C/c1ccccc1)=C\Cc1ccc(C(=O)O)cc1. The Morgan fingerprint density at radius 3 is 2.16 bits per heavy atom. The molecule has 128 valence electrons. The van der Waals surface area contributed by atoms with E-state index in [0.717, 1.165) is 16.7 Å². The molecule has 0 atom stereocenters. The minimum absolute atomic E-state index is 0.0723. The smallest absolute Gasteiger partial charge is 0.335 e. The topological polar surface area (TPSA) is 74.6 Å². The highest BCUT2D eigenvalue weighted by Gasteiger charge is 2.03. The number of carbonyl (C=O) groups is 2. The molecule has 2 aromatic carbocycles. The molecule has 0 aromatic heterocycles. The summed E-state index contributed by atoms with van der Waals surface area (Å²) in [7, 11) is 0. The first-order valence-corrected chi connectivity index (χ1v) is 8.01. The van der Waals surface area contributed by atoms with E-state index in [1.165, 1.54) is 0 Å². The zero-order valence-corrected chi connectivity index (χ0v) is 13.8. The highest BCUT2D eigenvalue weighted by Crippen LogP contribution is 2.13. The fourth-order valence-electron chi connectivity index (χ4n) is 2.30. The average molecular weight is 336 g/mol. The molecule has 0 unspecified atom stereocenters. The van der Waals surface area contributed by atoms with E-state index in [0.29, 0.717) is 12.8 Å². The second-order valence-electron chi connectivity index (χ2n) is 5.62. The van der Waals surface area contributed by atoms with E-state index in [9.17, 15) is 9.59 Å². The third kappa shape index (κ3) is 6.47. The maximum Gasteiger partial charge on any atom is 0.335 e. The largest absolute Gasteiger partial charge is 0.481 e. The van der Waals surface area contributed by atoms with E-state index in [1.807, 2.05) is 48.6 Å². The van der Waals surface area contributed by atoms with E-state index in [-0.39, 0.29) is 12.0 Å². The van der Waals surface area contributed by atoms with Crippen LogP contribution < -0.4 is 0 Å². The number of carboxylic acid groups (broad SMARTS) is 2. The van der Waals surface area contributed by atoms with Gasteiger partial charge >= 0.3 is 11.9 Å². The summed E-state index contributed by atoms with van der Waals surface area (Å²) in [5, 5.41) is 17.8. The normalized spacial score (nSPS) is 11.6. The minimum Gasteiger partial charge on any atom is -0.481 e. The van der Waals surface area contributed by atoms with Crippen LogP contribution in [0.3, 0.4) is 0 Å². The van der Waals surface area contributed by atoms with Gasteiger partial charge in [0.25, 0.3) is 0 Å². The number of rotatable bonds is 8. The van der Waals surface area contributed by atoms with Crippen molar-refractivity contribution in [1.82, 2.24) is 0 Å². The average Bonchev–Trinajstić information content (AvgIpc) is 2.62. The van der Waals surface area contributed by atoms with Crippen molar-refractivity contribution < 1.29 is 19.8 Å². The summed E-state index contributed by atoms with van der Waals surface area (Å²) in [5.41, 5.74) is 3.22. The standard InChI is InChI=1S/C21H20O4/c22-20(23)15-12-17(7-6-16-4-2-1-3-5-16)8-9-18-10-13-19(14-11-18)21(24)25/h1-8,10-11,13-14H,9,12,15H2,(H,22,23)(H,24,25)/b7-6+,17-8-. The molecule has 0 aliphatic rings. The van der Waals surface area contributed by atoms with Crippen molar-refractivity contribution in [2.24, 2.45) is 0 Å². The molecular weight excluding hydrogens is 316 g/mol. The molecule has 0 saturated carbocycles. The molecule has 2 N–H and O–H groups in total. The Morgan fingerprint density at radius 1 is 0.880 bits per heavy atom. The zero-order chi connectivity index (χ0) is 18.1. The molecule has 25 heavy (non-hydrogen) atoms. The summed E-state index contributed by atoms with van der Waals surface area (Å²) in [6.45, 7) is 0. The number of allylic oxidation sites excluding steroid dienone is 3. The van der Waals surface area contributed by atoms with Gasteiger partial charge < -0.3 is 10.2 Å². The van der Waals surface area contributed by atoms with Crippen LogP contribution in [0.2, 0.25) is 0 Å². The molecule has 2 aromatic rings. The van der Waals surface area contributed by atoms with Crippen LogP contribution in [0.4, 0.5) is 0 Å². The number of hydrogen-bond donors (Lipinski definition) is 2. The van der Waals surface area contributed by atoms with Gasteiger partial charge in [-0.2, -0.15) is 0 Å². The van der Waals surface area contributed by atoms with Crippen LogP contribution in [-0.4, -0.2) is 22.2 Å². The molecule has 0 aliphatic carbocycles. The fraction of sp³-hybridized carbons (Fsp3) is 0.143. The number of aromatic carboxylic acids is 1. The Kier molecular flexibility index (Phi) is 6.72. The van der Waals surface area contributed by atoms with Crippen molar-refractivity contribution in [2.45, 2.75) is 19.3 Å². The third-order valence-electron chi connectivity index (χ3n) is 3.72. The van der Waals surface area contributed by atoms with Crippen LogP contribution >= 0.6 is 0 Å². The summed E-state index contributed by atoms with van der Waals surface area (Å²) in [5.74, 6) is -1.78. The Hall–Kier alpha value is -3.14. The summed E-state index contributed by atoms with van der Waals surface area (Å²) in [4.78, 5) is 21.7. The monoisotopic (exact) mass is 336 g/mol. The lowest BCUT2D eigenvalue weighted by Gasteiger charge is -2.03. The molecule has 0 radical (unpaired) electrons. The number of benzene rings is 2. The highest BCUT2D eigenvalue weighted by molar-refractivity contribution is 5.87. The van der Waals surface area contributed by atoms with Gasteiger partial charge in [-0.15, -0.1) is 0 Å². The fourth-order valence-corrected chi connectivity index (χ4v) is 2.30. The molecule has 0 bridgehead atoms. The van der Waals surface area contributed by atoms with Crippen LogP contribution in [0, 0.1) is 0 Å². The first kappa shape index (κ1) is 18.2. The van der Waals surface area contributed by atoms with Crippen LogP contribution in [-0.2, 0) is 11.2 Å². The second-order valence-corrected chi connectivity index (χ2v) is 5.62. The second kappa shape index (κ2) is 9.23. The van der Waals surface area contributed by atoms with Gasteiger partial charge in [0.15, 0.2) is 0 Å². The van der Waals surface area contributed by atoms with E-state index < -0.39 is 11.9 Å². The summed E-state index contributed by atoms with van der Waals surface area (Å²) in [6, 6.07) is 16.5. The van der Waals surface area contributed by atoms with Gasteiger partial charge in [0.2, 0.25) is 0 Å². The van der Waals surface area contributed by atoms with Gasteiger partial charge in [-0.05, 0) is 36.1 Å². The molecule has 0 heterocycles. The molecule has 0 aliphatic heterocycles. The van der Waals surface area contributed by atoms with Gasteiger partial charge in [-0.1, -0.05) is 66.3 Å². The molecular formula is C21H20O4. The van der Waals surface area contributed by atoms with Gasteiger partial charge in [-0.25, -0.2) is 4.79 Å². The lowest BCUT2D eigenvalue weighted by atomic mass is 10.0. The van der Waals surface area contributed by atoms with Gasteiger partial charge in [0.1, 0.15) is 0 Å². The maximum absolute atomic E-state index is 10.9. The van der Waals surface area contributed by atoms with Gasteiger partial charge in [-0.3, -0.25) is 4.79 Å². The Balaban J connectivity index is 2.10. The van der Waals surface area contributed by atoms with Crippen molar-refractivity contribution in [3.05, 3.63) is 89.0 Å². The highest BCUT2D eigenvalue weighted by atomic mass is 16.4. The molecule has 0 saturated heterocycles. The van der Waals surface area contributed by atoms with E-state index in [1.54, 1.807) is 24.3 Å². The number of hydrogen-bond acceptors (Lipinski definition) is 2. The van der Waals surface area contributed by atoms with Gasteiger partial charge in [0.05, 0.1) is 5.56 Å². The van der Waals surface area contributed by atoms with E-state index in [4.69, 9.17) is 10.2 Å². The van der Waals surface area contributed by atoms with E-state index >= 15 is 0 Å². The van der Waals surface area contributed by atoms with Crippen LogP contribution in [0.25, 0.3) is 6.08 Å². The lowest BCUT2D eigenvalue weighted by Crippen LogP contribution is -1.96. The molecule has 0 fully saturated rings. The molecule has 4 heteroatoms. The molecule has 0 amide bonds. The number of carboxylic acids is 2. The zero-order valence-electron chi connectivity index (χ0n) is 13.8. The first-order chi connectivity index (χ1) is 12.0. The predicted octanol–water partition coefficient (Wildman–Crippen LogP) is 4.43. The predicted molar refractivity (Wildman–Crippen MR) is 97.5 cm³/mol. The van der Waals surface area contributed by atoms with E-state index in [2.05, 4.69) is 0 Å². The summed E-state index contributed by atoms with van der Waals surface area (Å²) < 4.78 is 0. The van der Waals surface area contributed by atoms with Crippen LogP contribution in [0.1, 0.15) is 34.3 Å². The van der Waals surface area contributed by atoms with Crippen molar-refractivity contribution in [1.29, 1.82) is 0 Å². The van der Waals surface area contributed by atoms with Crippen LogP contribution in [0.15, 0.2) is 72.3 Å². The Morgan fingerprint density at radius 2 is 1.56 bits per heavy atom. The lowest BCUT2D eigenvalue weighted by molar-refractivity contribution is -0.136. The molecule has 0 spiro atoms. The summed E-state index contributed by atoms with van der Waals surface area (Å²) >= 11 is 0. The molecule has 2 rings (SSSR count). The van der Waals surface area contributed by atoms with Crippen molar-refractivity contribution in [3.8, 4) is 0 Å². The van der Waals surface area contributed by atoms with Crippen molar-refractivity contribution in [3.63, 3.8) is 0 Å². The molecule has 4 nitrogen and oxygen atoms in total. The Labute approximate surface area is 146 Å².